The van der Waals surface area contributed by atoms with E-state index < -0.39 is 0 Å². The molecular formula is C16H24N6O. The van der Waals surface area contributed by atoms with E-state index in [-0.39, 0.29) is 0 Å². The fourth-order valence-corrected chi connectivity index (χ4v) is 1.96. The van der Waals surface area contributed by atoms with E-state index in [9.17, 15) is 0 Å². The Morgan fingerprint density at radius 1 is 1.17 bits per heavy atom. The summed E-state index contributed by atoms with van der Waals surface area (Å²) in [5.74, 6) is 3.32. The minimum absolute atomic E-state index is 0.562. The van der Waals surface area contributed by atoms with E-state index in [0.717, 1.165) is 17.4 Å². The minimum atomic E-state index is 0.562. The van der Waals surface area contributed by atoms with E-state index in [4.69, 9.17) is 4.74 Å². The molecule has 7 heteroatoms. The van der Waals surface area contributed by atoms with Crippen LogP contribution in [0, 0.1) is 13.8 Å². The Morgan fingerprint density at radius 3 is 2.52 bits per heavy atom. The van der Waals surface area contributed by atoms with Crippen LogP contribution in [0.2, 0.25) is 0 Å². The van der Waals surface area contributed by atoms with E-state index in [1.165, 1.54) is 5.56 Å². The molecule has 1 heterocycles. The third-order valence-electron chi connectivity index (χ3n) is 3.50. The molecule has 0 fully saturated rings. The van der Waals surface area contributed by atoms with Crippen LogP contribution in [-0.2, 0) is 13.6 Å². The lowest BCUT2D eigenvalue weighted by Crippen LogP contribution is -2.39. The normalized spacial score (nSPS) is 11.4. The van der Waals surface area contributed by atoms with Crippen molar-refractivity contribution in [1.82, 2.24) is 25.4 Å². The Kier molecular flexibility index (Phi) is 5.96. The largest absolute Gasteiger partial charge is 0.492 e. The first-order valence-corrected chi connectivity index (χ1v) is 7.59. The number of aromatic nitrogens is 3. The highest BCUT2D eigenvalue weighted by Crippen LogP contribution is 2.10. The number of rotatable bonds is 6. The molecule has 0 unspecified atom stereocenters. The fraction of sp³-hybridized carbons (Fsp3) is 0.438. The summed E-state index contributed by atoms with van der Waals surface area (Å²) in [6.45, 7) is 5.76. The standard InChI is InChI=1S/C16H24N6O/c1-12-5-7-14(8-6-12)23-10-9-18-16(17-3)19-11-15-21-20-13(2)22(15)4/h5-8H,9-11H2,1-4H3,(H2,17,18,19). The summed E-state index contributed by atoms with van der Waals surface area (Å²) in [6, 6.07) is 8.01. The van der Waals surface area contributed by atoms with Crippen LogP contribution in [0.15, 0.2) is 29.3 Å². The maximum absolute atomic E-state index is 5.67. The van der Waals surface area contributed by atoms with Gasteiger partial charge >= 0.3 is 0 Å². The van der Waals surface area contributed by atoms with Crippen LogP contribution in [0.25, 0.3) is 0 Å². The summed E-state index contributed by atoms with van der Waals surface area (Å²) >= 11 is 0. The Labute approximate surface area is 136 Å². The number of hydrogen-bond acceptors (Lipinski definition) is 4. The molecule has 2 rings (SSSR count). The number of ether oxygens (including phenoxy) is 1. The Hall–Kier alpha value is -2.57. The van der Waals surface area contributed by atoms with Gasteiger partial charge in [-0.05, 0) is 26.0 Å². The first-order chi connectivity index (χ1) is 11.1. The first kappa shape index (κ1) is 16.8. The van der Waals surface area contributed by atoms with Crippen molar-refractivity contribution < 1.29 is 4.74 Å². The summed E-state index contributed by atoms with van der Waals surface area (Å²) in [5.41, 5.74) is 1.22. The second-order valence-corrected chi connectivity index (χ2v) is 5.24. The van der Waals surface area contributed by atoms with Gasteiger partial charge < -0.3 is 19.9 Å². The lowest BCUT2D eigenvalue weighted by atomic mass is 10.2. The third kappa shape index (κ3) is 4.98. The Morgan fingerprint density at radius 2 is 1.91 bits per heavy atom. The summed E-state index contributed by atoms with van der Waals surface area (Å²) in [7, 11) is 3.68. The van der Waals surface area contributed by atoms with Gasteiger partial charge in [0, 0.05) is 14.1 Å². The SMILES string of the molecule is CN=C(NCCOc1ccc(C)cc1)NCc1nnc(C)n1C. The summed E-state index contributed by atoms with van der Waals surface area (Å²) in [6.07, 6.45) is 0. The molecule has 1 aromatic carbocycles. The smallest absolute Gasteiger partial charge is 0.191 e. The third-order valence-corrected chi connectivity index (χ3v) is 3.50. The monoisotopic (exact) mass is 316 g/mol. The van der Waals surface area contributed by atoms with E-state index in [1.807, 2.05) is 42.8 Å². The van der Waals surface area contributed by atoms with E-state index in [1.54, 1.807) is 7.05 Å². The van der Waals surface area contributed by atoms with Crippen molar-refractivity contribution in [3.8, 4) is 5.75 Å². The molecule has 1 aromatic heterocycles. The molecule has 124 valence electrons. The summed E-state index contributed by atoms with van der Waals surface area (Å²) in [5, 5.41) is 14.5. The van der Waals surface area contributed by atoms with E-state index in [0.29, 0.717) is 25.7 Å². The lowest BCUT2D eigenvalue weighted by molar-refractivity contribution is 0.322. The average molecular weight is 316 g/mol. The second kappa shape index (κ2) is 8.17. The number of nitrogens with zero attached hydrogens (tertiary/aromatic N) is 4. The van der Waals surface area contributed by atoms with Crippen molar-refractivity contribution in [2.45, 2.75) is 20.4 Å². The number of hydrogen-bond donors (Lipinski definition) is 2. The molecule has 0 radical (unpaired) electrons. The van der Waals surface area contributed by atoms with Gasteiger partial charge in [-0.2, -0.15) is 0 Å². The van der Waals surface area contributed by atoms with E-state index in [2.05, 4.69) is 32.7 Å². The van der Waals surface area contributed by atoms with Gasteiger partial charge in [-0.3, -0.25) is 4.99 Å². The molecule has 0 saturated heterocycles. The number of benzene rings is 1. The van der Waals surface area contributed by atoms with Crippen LogP contribution in [0.5, 0.6) is 5.75 Å². The highest BCUT2D eigenvalue weighted by atomic mass is 16.5. The molecule has 2 aromatic rings. The topological polar surface area (TPSA) is 76.4 Å². The van der Waals surface area contributed by atoms with Gasteiger partial charge in [-0.25, -0.2) is 0 Å². The minimum Gasteiger partial charge on any atom is -0.492 e. The number of guanidine groups is 1. The fourth-order valence-electron chi connectivity index (χ4n) is 1.96. The zero-order chi connectivity index (χ0) is 16.7. The summed E-state index contributed by atoms with van der Waals surface area (Å²) in [4.78, 5) is 4.18. The Bertz CT molecular complexity index is 647. The van der Waals surface area contributed by atoms with Crippen molar-refractivity contribution >= 4 is 5.96 Å². The molecular weight excluding hydrogens is 292 g/mol. The highest BCUT2D eigenvalue weighted by molar-refractivity contribution is 5.79. The quantitative estimate of drug-likeness (QED) is 0.475. The maximum Gasteiger partial charge on any atom is 0.191 e. The van der Waals surface area contributed by atoms with Crippen molar-refractivity contribution in [1.29, 1.82) is 0 Å². The molecule has 0 atom stereocenters. The van der Waals surface area contributed by atoms with E-state index >= 15 is 0 Å². The van der Waals surface area contributed by atoms with Crippen LogP contribution in [0.1, 0.15) is 17.2 Å². The molecule has 0 spiro atoms. The molecule has 0 aliphatic carbocycles. The van der Waals surface area contributed by atoms with Gasteiger partial charge in [0.05, 0.1) is 13.1 Å². The van der Waals surface area contributed by atoms with Crippen molar-refractivity contribution in [3.63, 3.8) is 0 Å². The average Bonchev–Trinajstić information content (AvgIpc) is 2.88. The predicted octanol–water partition coefficient (Wildman–Crippen LogP) is 1.18. The van der Waals surface area contributed by atoms with Gasteiger partial charge in [0.1, 0.15) is 18.2 Å². The maximum atomic E-state index is 5.67. The van der Waals surface area contributed by atoms with Gasteiger partial charge in [0.15, 0.2) is 11.8 Å². The van der Waals surface area contributed by atoms with Crippen LogP contribution in [-0.4, -0.2) is 40.9 Å². The van der Waals surface area contributed by atoms with Crippen molar-refractivity contribution in [2.24, 2.45) is 12.0 Å². The zero-order valence-electron chi connectivity index (χ0n) is 14.1. The zero-order valence-corrected chi connectivity index (χ0v) is 14.1. The van der Waals surface area contributed by atoms with Crippen molar-refractivity contribution in [3.05, 3.63) is 41.5 Å². The van der Waals surface area contributed by atoms with Gasteiger partial charge in [-0.15, -0.1) is 10.2 Å². The van der Waals surface area contributed by atoms with Gasteiger partial charge in [0.2, 0.25) is 0 Å². The summed E-state index contributed by atoms with van der Waals surface area (Å²) < 4.78 is 7.61. The first-order valence-electron chi connectivity index (χ1n) is 7.59. The van der Waals surface area contributed by atoms with Gasteiger partial charge in [0.25, 0.3) is 0 Å². The molecule has 0 amide bonds. The highest BCUT2D eigenvalue weighted by Gasteiger charge is 2.05. The molecule has 0 aliphatic rings. The molecule has 2 N–H and O–H groups in total. The van der Waals surface area contributed by atoms with Crippen LogP contribution in [0.3, 0.4) is 0 Å². The molecule has 0 saturated carbocycles. The van der Waals surface area contributed by atoms with Gasteiger partial charge in [-0.1, -0.05) is 17.7 Å². The predicted molar refractivity (Wildman–Crippen MR) is 90.6 cm³/mol. The van der Waals surface area contributed by atoms with Crippen LogP contribution in [0.4, 0.5) is 0 Å². The number of aryl methyl sites for hydroxylation is 2. The van der Waals surface area contributed by atoms with Crippen LogP contribution >= 0.6 is 0 Å². The lowest BCUT2D eigenvalue weighted by Gasteiger charge is -2.12. The number of aliphatic imine (C=N–C) groups is 1. The second-order valence-electron chi connectivity index (χ2n) is 5.24. The molecule has 23 heavy (non-hydrogen) atoms. The molecule has 0 bridgehead atoms. The Balaban J connectivity index is 1.71. The molecule has 7 nitrogen and oxygen atoms in total. The molecule has 0 aliphatic heterocycles. The number of nitrogens with one attached hydrogen (secondary N) is 2. The van der Waals surface area contributed by atoms with Crippen LogP contribution < -0.4 is 15.4 Å². The van der Waals surface area contributed by atoms with Crippen molar-refractivity contribution in [2.75, 3.05) is 20.2 Å².